The Hall–Kier alpha value is -3.03. The molecular weight excluding hydrogens is 400 g/mol. The summed E-state index contributed by atoms with van der Waals surface area (Å²) in [6.45, 7) is 1.84. The van der Waals surface area contributed by atoms with Crippen molar-refractivity contribution in [3.05, 3.63) is 82.9 Å². The van der Waals surface area contributed by atoms with Gasteiger partial charge in [-0.15, -0.1) is 0 Å². The maximum Gasteiger partial charge on any atom is 0.339 e. The van der Waals surface area contributed by atoms with Gasteiger partial charge in [-0.25, -0.2) is 0 Å². The second-order valence-corrected chi connectivity index (χ2v) is 7.99. The Morgan fingerprint density at radius 2 is 1.68 bits per heavy atom. The summed E-state index contributed by atoms with van der Waals surface area (Å²) in [6, 6.07) is 17.2. The first kappa shape index (κ1) is 19.7. The van der Waals surface area contributed by atoms with Gasteiger partial charge in [0, 0.05) is 11.6 Å². The van der Waals surface area contributed by atoms with Gasteiger partial charge in [-0.3, -0.25) is 4.79 Å². The largest absolute Gasteiger partial charge is 0.397 e. The van der Waals surface area contributed by atoms with Gasteiger partial charge in [0.25, 0.3) is 5.91 Å². The molecule has 28 heavy (non-hydrogen) atoms. The molecular formula is C20H17ClN2O4S. The second-order valence-electron chi connectivity index (χ2n) is 6.04. The average Bonchev–Trinajstić information content (AvgIpc) is 2.66. The van der Waals surface area contributed by atoms with E-state index in [9.17, 15) is 13.2 Å². The molecule has 0 saturated carbocycles. The molecule has 0 aliphatic heterocycles. The van der Waals surface area contributed by atoms with E-state index in [0.717, 1.165) is 5.56 Å². The predicted molar refractivity (Wildman–Crippen MR) is 109 cm³/mol. The summed E-state index contributed by atoms with van der Waals surface area (Å²) >= 11 is 6.04. The minimum absolute atomic E-state index is 0.0213. The SMILES string of the molecule is Cc1ccc(S(=O)(=O)Oc2cc(N)c(Cl)cc2NC(=O)c2ccccc2)cc1. The van der Waals surface area contributed by atoms with Crippen LogP contribution >= 0.6 is 11.6 Å². The van der Waals surface area contributed by atoms with Crippen molar-refractivity contribution in [2.24, 2.45) is 0 Å². The predicted octanol–water partition coefficient (Wildman–Crippen LogP) is 4.25. The Bertz CT molecular complexity index is 1110. The highest BCUT2D eigenvalue weighted by atomic mass is 35.5. The van der Waals surface area contributed by atoms with Crippen molar-refractivity contribution < 1.29 is 17.4 Å². The summed E-state index contributed by atoms with van der Waals surface area (Å²) < 4.78 is 30.5. The molecule has 8 heteroatoms. The number of carbonyl (C=O) groups is 1. The lowest BCUT2D eigenvalue weighted by molar-refractivity contribution is 0.102. The first-order chi connectivity index (χ1) is 13.3. The number of aryl methyl sites for hydroxylation is 1. The Morgan fingerprint density at radius 1 is 1.04 bits per heavy atom. The molecule has 6 nitrogen and oxygen atoms in total. The van der Waals surface area contributed by atoms with Crippen LogP contribution in [-0.2, 0) is 10.1 Å². The Labute approximate surface area is 168 Å². The molecule has 0 aliphatic carbocycles. The third-order valence-electron chi connectivity index (χ3n) is 3.89. The van der Waals surface area contributed by atoms with Gasteiger partial charge in [0.1, 0.15) is 4.90 Å². The fourth-order valence-corrected chi connectivity index (χ4v) is 3.49. The van der Waals surface area contributed by atoms with Gasteiger partial charge in [-0.05, 0) is 37.3 Å². The summed E-state index contributed by atoms with van der Waals surface area (Å²) in [5, 5.41) is 2.77. The van der Waals surface area contributed by atoms with Gasteiger partial charge in [-0.1, -0.05) is 47.5 Å². The van der Waals surface area contributed by atoms with Gasteiger partial charge in [0.05, 0.1) is 16.4 Å². The highest BCUT2D eigenvalue weighted by Crippen LogP contribution is 2.35. The number of carbonyl (C=O) groups excluding carboxylic acids is 1. The van der Waals surface area contributed by atoms with Crippen molar-refractivity contribution in [1.29, 1.82) is 0 Å². The molecule has 0 heterocycles. The number of benzene rings is 3. The number of nitrogens with one attached hydrogen (secondary N) is 1. The summed E-state index contributed by atoms with van der Waals surface area (Å²) in [6.07, 6.45) is 0. The third kappa shape index (κ3) is 4.44. The highest BCUT2D eigenvalue weighted by Gasteiger charge is 2.21. The van der Waals surface area contributed by atoms with Crippen LogP contribution in [0.25, 0.3) is 0 Å². The molecule has 0 aromatic heterocycles. The van der Waals surface area contributed by atoms with Gasteiger partial charge in [-0.2, -0.15) is 8.42 Å². The molecule has 3 aromatic carbocycles. The standard InChI is InChI=1S/C20H17ClN2O4S/c1-13-7-9-15(10-8-13)28(25,26)27-19-12-17(22)16(21)11-18(19)23-20(24)14-5-3-2-4-6-14/h2-12H,22H2,1H3,(H,23,24). The number of rotatable bonds is 5. The second kappa shape index (κ2) is 7.92. The molecule has 0 atom stereocenters. The summed E-state index contributed by atoms with van der Waals surface area (Å²) in [7, 11) is -4.13. The molecule has 0 spiro atoms. The van der Waals surface area contributed by atoms with Gasteiger partial charge >= 0.3 is 10.1 Å². The molecule has 3 aromatic rings. The lowest BCUT2D eigenvalue weighted by Crippen LogP contribution is -2.15. The number of nitrogen functional groups attached to an aromatic ring is 1. The molecule has 0 unspecified atom stereocenters. The summed E-state index contributed by atoms with van der Waals surface area (Å²) in [5.74, 6) is -0.578. The average molecular weight is 417 g/mol. The van der Waals surface area contributed by atoms with E-state index in [2.05, 4.69) is 5.32 Å². The number of halogens is 1. The van der Waals surface area contributed by atoms with Crippen molar-refractivity contribution in [3.63, 3.8) is 0 Å². The lowest BCUT2D eigenvalue weighted by atomic mass is 10.2. The van der Waals surface area contributed by atoms with E-state index in [1.165, 1.54) is 24.3 Å². The summed E-state index contributed by atoms with van der Waals surface area (Å²) in [4.78, 5) is 12.4. The van der Waals surface area contributed by atoms with E-state index >= 15 is 0 Å². The molecule has 3 rings (SSSR count). The Kier molecular flexibility index (Phi) is 5.58. The normalized spacial score (nSPS) is 11.1. The number of anilines is 2. The van der Waals surface area contributed by atoms with E-state index in [1.54, 1.807) is 42.5 Å². The molecule has 0 bridgehead atoms. The Balaban J connectivity index is 1.95. The van der Waals surface area contributed by atoms with Crippen molar-refractivity contribution in [2.75, 3.05) is 11.1 Å². The monoisotopic (exact) mass is 416 g/mol. The topological polar surface area (TPSA) is 98.5 Å². The van der Waals surface area contributed by atoms with E-state index < -0.39 is 16.0 Å². The zero-order valence-electron chi connectivity index (χ0n) is 14.8. The van der Waals surface area contributed by atoms with Crippen LogP contribution in [0.4, 0.5) is 11.4 Å². The number of nitrogens with two attached hydrogens (primary N) is 1. The first-order valence-corrected chi connectivity index (χ1v) is 10.0. The molecule has 0 fully saturated rings. The van der Waals surface area contributed by atoms with Crippen LogP contribution in [0.1, 0.15) is 15.9 Å². The summed E-state index contributed by atoms with van der Waals surface area (Å²) in [5.41, 5.74) is 7.29. The van der Waals surface area contributed by atoms with Crippen LogP contribution in [-0.4, -0.2) is 14.3 Å². The quantitative estimate of drug-likeness (QED) is 0.478. The molecule has 144 valence electrons. The van der Waals surface area contributed by atoms with E-state index in [0.29, 0.717) is 5.56 Å². The van der Waals surface area contributed by atoms with Gasteiger partial charge in [0.15, 0.2) is 5.75 Å². The zero-order valence-corrected chi connectivity index (χ0v) is 16.4. The third-order valence-corrected chi connectivity index (χ3v) is 5.47. The number of hydrogen-bond donors (Lipinski definition) is 2. The fraction of sp³-hybridized carbons (Fsp3) is 0.0500. The van der Waals surface area contributed by atoms with Gasteiger partial charge in [0.2, 0.25) is 0 Å². The van der Waals surface area contributed by atoms with Crippen LogP contribution in [0, 0.1) is 6.92 Å². The van der Waals surface area contributed by atoms with Crippen LogP contribution in [0.15, 0.2) is 71.6 Å². The number of amides is 1. The maximum absolute atomic E-state index is 12.6. The van der Waals surface area contributed by atoms with E-state index in [-0.39, 0.29) is 27.0 Å². The Morgan fingerprint density at radius 3 is 2.32 bits per heavy atom. The lowest BCUT2D eigenvalue weighted by Gasteiger charge is -2.14. The minimum Gasteiger partial charge on any atom is -0.397 e. The first-order valence-electron chi connectivity index (χ1n) is 8.23. The van der Waals surface area contributed by atoms with Crippen LogP contribution in [0.5, 0.6) is 5.75 Å². The van der Waals surface area contributed by atoms with E-state index in [1.807, 2.05) is 6.92 Å². The maximum atomic E-state index is 12.6. The molecule has 3 N–H and O–H groups in total. The molecule has 1 amide bonds. The van der Waals surface area contributed by atoms with E-state index in [4.69, 9.17) is 21.5 Å². The van der Waals surface area contributed by atoms with Crippen molar-refractivity contribution in [1.82, 2.24) is 0 Å². The van der Waals surface area contributed by atoms with Crippen LogP contribution in [0.2, 0.25) is 5.02 Å². The smallest absolute Gasteiger partial charge is 0.339 e. The molecule has 0 saturated heterocycles. The van der Waals surface area contributed by atoms with Crippen molar-refractivity contribution >= 4 is 39.0 Å². The minimum atomic E-state index is -4.13. The van der Waals surface area contributed by atoms with Gasteiger partial charge < -0.3 is 15.2 Å². The highest BCUT2D eigenvalue weighted by molar-refractivity contribution is 7.87. The van der Waals surface area contributed by atoms with Crippen molar-refractivity contribution in [3.8, 4) is 5.75 Å². The van der Waals surface area contributed by atoms with Crippen LogP contribution < -0.4 is 15.2 Å². The fourth-order valence-electron chi connectivity index (χ4n) is 2.39. The zero-order chi connectivity index (χ0) is 20.3. The van der Waals surface area contributed by atoms with Crippen LogP contribution in [0.3, 0.4) is 0 Å². The molecule has 0 aliphatic rings. The number of hydrogen-bond acceptors (Lipinski definition) is 5. The van der Waals surface area contributed by atoms with Crippen molar-refractivity contribution in [2.45, 2.75) is 11.8 Å². The molecule has 0 radical (unpaired) electrons.